The maximum atomic E-state index is 3.20. The largest absolute Gasteiger partial charge is 0.241 e. The fourth-order valence-electron chi connectivity index (χ4n) is 7.88. The standard InChI is InChI=1S/C47H38B2/c1-47(2)45-33-36(24-23-35-25-28-41(29-26-35)48(37-15-7-3-8-16-37)38-17-9-4-10-18-38)27-31-43(45)44-32-30-42(34-46(44)47)49(39-19-11-5-12-20-39)40-21-13-6-14-22-40/h3-4,7-11,13,15-34H,5,12H2,1-2H3. The van der Waals surface area contributed by atoms with Crippen molar-refractivity contribution in [2.75, 3.05) is 0 Å². The molecule has 0 aliphatic heterocycles. The lowest BCUT2D eigenvalue weighted by atomic mass is 9.35. The van der Waals surface area contributed by atoms with Gasteiger partial charge in [-0.15, -0.1) is 0 Å². The van der Waals surface area contributed by atoms with Gasteiger partial charge in [0.2, 0.25) is 13.4 Å². The molecule has 8 rings (SSSR count). The fourth-order valence-corrected chi connectivity index (χ4v) is 7.88. The molecule has 2 aliphatic rings. The van der Waals surface area contributed by atoms with E-state index in [9.17, 15) is 0 Å². The monoisotopic (exact) mass is 624 g/mol. The Morgan fingerprint density at radius 3 is 1.82 bits per heavy atom. The Balaban J connectivity index is 1.07. The van der Waals surface area contributed by atoms with Gasteiger partial charge in [-0.1, -0.05) is 217 Å². The van der Waals surface area contributed by atoms with Crippen molar-refractivity contribution in [1.82, 2.24) is 0 Å². The molecule has 6 aromatic carbocycles. The van der Waals surface area contributed by atoms with Gasteiger partial charge >= 0.3 is 0 Å². The van der Waals surface area contributed by atoms with Gasteiger partial charge in [-0.3, -0.25) is 0 Å². The van der Waals surface area contributed by atoms with Crippen LogP contribution >= 0.6 is 0 Å². The number of rotatable bonds is 8. The molecule has 0 unspecified atom stereocenters. The van der Waals surface area contributed by atoms with Crippen LogP contribution in [0.15, 0.2) is 163 Å². The molecule has 0 bridgehead atoms. The minimum atomic E-state index is -0.103. The average Bonchev–Trinajstić information content (AvgIpc) is 3.38. The Hall–Kier alpha value is -5.51. The zero-order chi connectivity index (χ0) is 33.2. The van der Waals surface area contributed by atoms with E-state index in [1.165, 1.54) is 66.2 Å². The van der Waals surface area contributed by atoms with Gasteiger partial charge in [0.15, 0.2) is 0 Å². The van der Waals surface area contributed by atoms with E-state index in [0.717, 1.165) is 12.8 Å². The van der Waals surface area contributed by atoms with Crippen LogP contribution in [0.4, 0.5) is 0 Å². The number of hydrogen-bond acceptors (Lipinski definition) is 0. The summed E-state index contributed by atoms with van der Waals surface area (Å²) >= 11 is 0. The maximum Gasteiger partial charge on any atom is 0.241 e. The van der Waals surface area contributed by atoms with Gasteiger partial charge in [0, 0.05) is 5.41 Å². The molecule has 0 fully saturated rings. The summed E-state index contributed by atoms with van der Waals surface area (Å²) in [7, 11) is 0. The molecule has 0 spiro atoms. The number of allylic oxidation sites excluding steroid dienone is 4. The zero-order valence-electron chi connectivity index (χ0n) is 28.2. The molecule has 0 saturated heterocycles. The van der Waals surface area contributed by atoms with Crippen LogP contribution in [-0.2, 0) is 5.41 Å². The first kappa shape index (κ1) is 30.8. The van der Waals surface area contributed by atoms with E-state index in [2.05, 4.69) is 190 Å². The summed E-state index contributed by atoms with van der Waals surface area (Å²) < 4.78 is 0. The first-order valence-electron chi connectivity index (χ1n) is 17.5. The maximum absolute atomic E-state index is 3.20. The van der Waals surface area contributed by atoms with E-state index in [-0.39, 0.29) is 18.8 Å². The Morgan fingerprint density at radius 2 is 1.16 bits per heavy atom. The van der Waals surface area contributed by atoms with Gasteiger partial charge in [0.05, 0.1) is 0 Å². The van der Waals surface area contributed by atoms with Crippen LogP contribution < -0.4 is 27.3 Å². The Labute approximate surface area is 292 Å². The summed E-state index contributed by atoms with van der Waals surface area (Å²) in [6.07, 6.45) is 13.7. The molecule has 0 N–H and O–H groups in total. The molecule has 0 radical (unpaired) electrons. The van der Waals surface area contributed by atoms with Crippen molar-refractivity contribution in [3.05, 3.63) is 198 Å². The molecule has 0 saturated carbocycles. The SMILES string of the molecule is CC1(C)c2cc(C=Cc3ccc(B(c4ccccc4)c4ccccc4)cc3)ccc2-c2ccc(B(C3=CCCC=C3)c3cc#ccc3)cc21. The van der Waals surface area contributed by atoms with E-state index in [4.69, 9.17) is 0 Å². The number of hydrogen-bond donors (Lipinski definition) is 0. The van der Waals surface area contributed by atoms with Gasteiger partial charge in [-0.2, -0.15) is 0 Å². The van der Waals surface area contributed by atoms with Crippen LogP contribution in [0.25, 0.3) is 23.3 Å². The summed E-state index contributed by atoms with van der Waals surface area (Å²) in [6, 6.07) is 57.3. The molecular formula is C47H38B2. The van der Waals surface area contributed by atoms with Crippen LogP contribution in [0.3, 0.4) is 0 Å². The highest BCUT2D eigenvalue weighted by atomic mass is 14.4. The second-order valence-corrected chi connectivity index (χ2v) is 13.9. The van der Waals surface area contributed by atoms with Crippen molar-refractivity contribution < 1.29 is 0 Å². The highest BCUT2D eigenvalue weighted by Gasteiger charge is 2.37. The lowest BCUT2D eigenvalue weighted by Crippen LogP contribution is -2.51. The quantitative estimate of drug-likeness (QED) is 0.120. The Kier molecular flexibility index (Phi) is 8.29. The molecular weight excluding hydrogens is 586 g/mol. The van der Waals surface area contributed by atoms with E-state index >= 15 is 0 Å². The third-order valence-corrected chi connectivity index (χ3v) is 10.4. The summed E-state index contributed by atoms with van der Waals surface area (Å²) in [5, 5.41) is 0. The summed E-state index contributed by atoms with van der Waals surface area (Å²) in [4.78, 5) is 0. The third kappa shape index (κ3) is 6.03. The highest BCUT2D eigenvalue weighted by Crippen LogP contribution is 2.48. The van der Waals surface area contributed by atoms with Gasteiger partial charge < -0.3 is 0 Å². The topological polar surface area (TPSA) is 0 Å². The predicted octanol–water partition coefficient (Wildman–Crippen LogP) is 7.70. The first-order chi connectivity index (χ1) is 24.1. The van der Waals surface area contributed by atoms with Crippen molar-refractivity contribution in [2.45, 2.75) is 32.1 Å². The summed E-state index contributed by atoms with van der Waals surface area (Å²) in [5.41, 5.74) is 15.7. The summed E-state index contributed by atoms with van der Waals surface area (Å²) in [5.74, 6) is 0. The van der Waals surface area contributed by atoms with Crippen molar-refractivity contribution in [3.63, 3.8) is 0 Å². The third-order valence-electron chi connectivity index (χ3n) is 10.4. The molecule has 2 aliphatic carbocycles. The lowest BCUT2D eigenvalue weighted by molar-refractivity contribution is 0.660. The molecule has 2 heteroatoms. The second kappa shape index (κ2) is 13.2. The van der Waals surface area contributed by atoms with Crippen molar-refractivity contribution in [3.8, 4) is 11.1 Å². The molecule has 0 nitrogen and oxygen atoms in total. The van der Waals surface area contributed by atoms with Gasteiger partial charge in [0.25, 0.3) is 0 Å². The van der Waals surface area contributed by atoms with Crippen LogP contribution in [-0.4, -0.2) is 13.4 Å². The molecule has 0 atom stereocenters. The van der Waals surface area contributed by atoms with Crippen LogP contribution in [0.5, 0.6) is 0 Å². The van der Waals surface area contributed by atoms with Gasteiger partial charge in [-0.05, 0) is 58.4 Å². The molecule has 0 heterocycles. The smallest absolute Gasteiger partial charge is 0.0889 e. The molecule has 0 amide bonds. The van der Waals surface area contributed by atoms with Crippen LogP contribution in [0.2, 0.25) is 0 Å². The minimum absolute atomic E-state index is 0.103. The normalized spacial score (nSPS) is 14.1. The molecule has 232 valence electrons. The molecule has 49 heavy (non-hydrogen) atoms. The fraction of sp³-hybridized carbons (Fsp3) is 0.106. The van der Waals surface area contributed by atoms with E-state index < -0.39 is 0 Å². The predicted molar refractivity (Wildman–Crippen MR) is 213 cm³/mol. The average molecular weight is 624 g/mol. The van der Waals surface area contributed by atoms with Crippen LogP contribution in [0, 0.1) is 12.1 Å². The van der Waals surface area contributed by atoms with E-state index in [0.29, 0.717) is 0 Å². The summed E-state index contributed by atoms with van der Waals surface area (Å²) in [6.45, 7) is 5.15. The second-order valence-electron chi connectivity index (χ2n) is 13.9. The van der Waals surface area contributed by atoms with E-state index in [1.807, 2.05) is 6.07 Å². The molecule has 0 aromatic heterocycles. The first-order valence-corrected chi connectivity index (χ1v) is 17.5. The van der Waals surface area contributed by atoms with Crippen molar-refractivity contribution >= 4 is 52.9 Å². The Morgan fingerprint density at radius 1 is 0.551 bits per heavy atom. The molecule has 6 aromatic rings. The van der Waals surface area contributed by atoms with E-state index in [1.54, 1.807) is 0 Å². The van der Waals surface area contributed by atoms with Gasteiger partial charge in [0.1, 0.15) is 0 Å². The minimum Gasteiger partial charge on any atom is -0.0889 e. The highest BCUT2D eigenvalue weighted by molar-refractivity contribution is 6.95. The number of benzene rings is 5. The lowest BCUT2D eigenvalue weighted by Gasteiger charge is -2.24. The Bertz CT molecular complexity index is 2130. The van der Waals surface area contributed by atoms with Gasteiger partial charge in [-0.25, -0.2) is 0 Å². The number of fused-ring (bicyclic) bond motifs is 3. The van der Waals surface area contributed by atoms with Crippen LogP contribution in [0.1, 0.15) is 48.9 Å². The van der Waals surface area contributed by atoms with Crippen molar-refractivity contribution in [1.29, 1.82) is 0 Å². The zero-order valence-corrected chi connectivity index (χ0v) is 28.2. The van der Waals surface area contributed by atoms with Crippen molar-refractivity contribution in [2.24, 2.45) is 0 Å².